The largest absolute Gasteiger partial charge is 0.492 e. The van der Waals surface area contributed by atoms with Gasteiger partial charge in [-0.15, -0.1) is 0 Å². The van der Waals surface area contributed by atoms with Gasteiger partial charge in [0, 0.05) is 6.08 Å². The van der Waals surface area contributed by atoms with Crippen LogP contribution in [0.15, 0.2) is 54.6 Å². The van der Waals surface area contributed by atoms with E-state index in [2.05, 4.69) is 5.32 Å². The number of carbonyl (C=O) groups excluding carboxylic acids is 1. The molecule has 1 amide bonds. The van der Waals surface area contributed by atoms with Crippen molar-refractivity contribution in [3.05, 3.63) is 65.7 Å². The van der Waals surface area contributed by atoms with Crippen LogP contribution >= 0.6 is 0 Å². The van der Waals surface area contributed by atoms with Crippen molar-refractivity contribution >= 4 is 17.7 Å². The van der Waals surface area contributed by atoms with Gasteiger partial charge in [-0.3, -0.25) is 4.79 Å². The molecule has 0 aromatic heterocycles. The lowest BCUT2D eigenvalue weighted by Gasteiger charge is -2.09. The van der Waals surface area contributed by atoms with Crippen LogP contribution in [0.3, 0.4) is 0 Å². The molecule has 0 fully saturated rings. The minimum absolute atomic E-state index is 0.177. The van der Waals surface area contributed by atoms with Crippen LogP contribution < -0.4 is 10.1 Å². The maximum atomic E-state index is 12.0. The van der Waals surface area contributed by atoms with Crippen molar-refractivity contribution in [2.24, 2.45) is 0 Å². The molecule has 3 heteroatoms. The number of amides is 1. The average Bonchev–Trinajstić information content (AvgIpc) is 2.48. The van der Waals surface area contributed by atoms with Gasteiger partial charge in [0.15, 0.2) is 0 Å². The first-order valence-electron chi connectivity index (χ1n) is 6.96. The normalized spacial score (nSPS) is 10.6. The van der Waals surface area contributed by atoms with E-state index in [4.69, 9.17) is 4.74 Å². The molecule has 0 atom stereocenters. The summed E-state index contributed by atoms with van der Waals surface area (Å²) in [5.41, 5.74) is 2.85. The summed E-state index contributed by atoms with van der Waals surface area (Å²) >= 11 is 0. The molecular formula is C18H19NO2. The van der Waals surface area contributed by atoms with Crippen molar-refractivity contribution in [1.29, 1.82) is 0 Å². The third-order valence-electron chi connectivity index (χ3n) is 2.91. The fraction of sp³-hybridized carbons (Fsp3) is 0.167. The highest BCUT2D eigenvalue weighted by molar-refractivity contribution is 6.02. The fourth-order valence-electron chi connectivity index (χ4n) is 1.97. The topological polar surface area (TPSA) is 38.3 Å². The average molecular weight is 281 g/mol. The summed E-state index contributed by atoms with van der Waals surface area (Å²) in [6.07, 6.45) is 3.32. The van der Waals surface area contributed by atoms with Crippen molar-refractivity contribution in [2.45, 2.75) is 13.8 Å². The molecule has 2 aromatic carbocycles. The summed E-state index contributed by atoms with van der Waals surface area (Å²) in [5, 5.41) is 2.83. The molecule has 1 N–H and O–H groups in total. The van der Waals surface area contributed by atoms with Gasteiger partial charge in [-0.25, -0.2) is 0 Å². The van der Waals surface area contributed by atoms with Crippen molar-refractivity contribution in [3.63, 3.8) is 0 Å². The Morgan fingerprint density at radius 1 is 1.19 bits per heavy atom. The molecule has 21 heavy (non-hydrogen) atoms. The van der Waals surface area contributed by atoms with E-state index in [9.17, 15) is 4.79 Å². The quantitative estimate of drug-likeness (QED) is 0.840. The highest BCUT2D eigenvalue weighted by Crippen LogP contribution is 2.23. The number of nitrogens with one attached hydrogen (secondary N) is 1. The van der Waals surface area contributed by atoms with E-state index in [1.54, 1.807) is 6.08 Å². The van der Waals surface area contributed by atoms with Gasteiger partial charge < -0.3 is 10.1 Å². The van der Waals surface area contributed by atoms with Crippen LogP contribution in [0.4, 0.5) is 5.69 Å². The van der Waals surface area contributed by atoms with Crippen molar-refractivity contribution in [2.75, 3.05) is 11.9 Å². The molecular weight excluding hydrogens is 262 g/mol. The summed E-state index contributed by atoms with van der Waals surface area (Å²) in [7, 11) is 0. The molecule has 108 valence electrons. The van der Waals surface area contributed by atoms with Gasteiger partial charge in [0.05, 0.1) is 12.3 Å². The van der Waals surface area contributed by atoms with E-state index in [0.717, 1.165) is 5.56 Å². The van der Waals surface area contributed by atoms with Crippen LogP contribution in [0, 0.1) is 6.92 Å². The second-order valence-electron chi connectivity index (χ2n) is 4.67. The van der Waals surface area contributed by atoms with Gasteiger partial charge in [0.2, 0.25) is 5.91 Å². The first-order valence-corrected chi connectivity index (χ1v) is 6.96. The summed E-state index contributed by atoms with van der Waals surface area (Å²) in [4.78, 5) is 12.0. The summed E-state index contributed by atoms with van der Waals surface area (Å²) in [6.45, 7) is 4.50. The zero-order valence-electron chi connectivity index (χ0n) is 12.3. The highest BCUT2D eigenvalue weighted by Gasteiger charge is 2.04. The van der Waals surface area contributed by atoms with Crippen LogP contribution in [-0.2, 0) is 4.79 Å². The zero-order chi connectivity index (χ0) is 15.1. The Balaban J connectivity index is 2.05. The van der Waals surface area contributed by atoms with E-state index in [-0.39, 0.29) is 5.91 Å². The predicted octanol–water partition coefficient (Wildman–Crippen LogP) is 4.05. The SMILES string of the molecule is CCOc1ccccc1NC(=O)/C=C/c1cccc(C)c1. The summed E-state index contributed by atoms with van der Waals surface area (Å²) in [5.74, 6) is 0.501. The molecule has 0 bridgehead atoms. The Morgan fingerprint density at radius 3 is 2.76 bits per heavy atom. The molecule has 0 saturated carbocycles. The Hall–Kier alpha value is -2.55. The summed E-state index contributed by atoms with van der Waals surface area (Å²) < 4.78 is 5.48. The number of anilines is 1. The fourth-order valence-corrected chi connectivity index (χ4v) is 1.97. The molecule has 0 aliphatic carbocycles. The lowest BCUT2D eigenvalue weighted by molar-refractivity contribution is -0.111. The number of ether oxygens (including phenoxy) is 1. The third kappa shape index (κ3) is 4.49. The first kappa shape index (κ1) is 14.9. The Labute approximate surface area is 125 Å². The van der Waals surface area contributed by atoms with Crippen LogP contribution in [-0.4, -0.2) is 12.5 Å². The van der Waals surface area contributed by atoms with Crippen LogP contribution in [0.25, 0.3) is 6.08 Å². The van der Waals surface area contributed by atoms with Crippen molar-refractivity contribution in [1.82, 2.24) is 0 Å². The number of hydrogen-bond acceptors (Lipinski definition) is 2. The number of aryl methyl sites for hydroxylation is 1. The first-order chi connectivity index (χ1) is 10.2. The lowest BCUT2D eigenvalue weighted by atomic mass is 10.1. The number of rotatable bonds is 5. The van der Waals surface area contributed by atoms with E-state index in [1.807, 2.05) is 62.4 Å². The van der Waals surface area contributed by atoms with Crippen LogP contribution in [0.2, 0.25) is 0 Å². The summed E-state index contributed by atoms with van der Waals surface area (Å²) in [6, 6.07) is 15.4. The zero-order valence-corrected chi connectivity index (χ0v) is 12.3. The second kappa shape index (κ2) is 7.29. The monoisotopic (exact) mass is 281 g/mol. The lowest BCUT2D eigenvalue weighted by Crippen LogP contribution is -2.09. The molecule has 0 heterocycles. The van der Waals surface area contributed by atoms with Gasteiger partial charge in [-0.2, -0.15) is 0 Å². The molecule has 2 rings (SSSR count). The molecule has 2 aromatic rings. The minimum atomic E-state index is -0.177. The van der Waals surface area contributed by atoms with Gasteiger partial charge in [-0.1, -0.05) is 42.0 Å². The molecule has 0 aliphatic heterocycles. The van der Waals surface area contributed by atoms with Crippen molar-refractivity contribution in [3.8, 4) is 5.75 Å². The number of para-hydroxylation sites is 2. The smallest absolute Gasteiger partial charge is 0.248 e. The van der Waals surface area contributed by atoms with E-state index in [1.165, 1.54) is 11.6 Å². The predicted molar refractivity (Wildman–Crippen MR) is 86.5 cm³/mol. The molecule has 0 aliphatic rings. The Bertz CT molecular complexity index is 647. The maximum absolute atomic E-state index is 12.0. The van der Waals surface area contributed by atoms with E-state index < -0.39 is 0 Å². The molecule has 0 radical (unpaired) electrons. The minimum Gasteiger partial charge on any atom is -0.492 e. The molecule has 0 saturated heterocycles. The van der Waals surface area contributed by atoms with Gasteiger partial charge in [0.25, 0.3) is 0 Å². The van der Waals surface area contributed by atoms with E-state index >= 15 is 0 Å². The Kier molecular flexibility index (Phi) is 5.16. The van der Waals surface area contributed by atoms with Crippen LogP contribution in [0.1, 0.15) is 18.1 Å². The highest BCUT2D eigenvalue weighted by atomic mass is 16.5. The maximum Gasteiger partial charge on any atom is 0.248 e. The molecule has 3 nitrogen and oxygen atoms in total. The van der Waals surface area contributed by atoms with Gasteiger partial charge in [0.1, 0.15) is 5.75 Å². The van der Waals surface area contributed by atoms with Crippen LogP contribution in [0.5, 0.6) is 5.75 Å². The Morgan fingerprint density at radius 2 is 2.00 bits per heavy atom. The number of benzene rings is 2. The molecule has 0 spiro atoms. The molecule has 0 unspecified atom stereocenters. The standard InChI is InChI=1S/C18H19NO2/c1-3-21-17-10-5-4-9-16(17)19-18(20)12-11-15-8-6-7-14(2)13-15/h4-13H,3H2,1-2H3,(H,19,20)/b12-11+. The number of carbonyl (C=O) groups is 1. The van der Waals surface area contributed by atoms with E-state index in [0.29, 0.717) is 18.0 Å². The third-order valence-corrected chi connectivity index (χ3v) is 2.91. The van der Waals surface area contributed by atoms with Crippen molar-refractivity contribution < 1.29 is 9.53 Å². The second-order valence-corrected chi connectivity index (χ2v) is 4.67. The number of hydrogen-bond donors (Lipinski definition) is 1. The van der Waals surface area contributed by atoms with Gasteiger partial charge >= 0.3 is 0 Å². The van der Waals surface area contributed by atoms with Gasteiger partial charge in [-0.05, 0) is 37.6 Å².